The van der Waals surface area contributed by atoms with Gasteiger partial charge in [-0.3, -0.25) is 4.79 Å². The van der Waals surface area contributed by atoms with Gasteiger partial charge in [-0.25, -0.2) is 4.98 Å². The van der Waals surface area contributed by atoms with Gasteiger partial charge in [-0.2, -0.15) is 0 Å². The third kappa shape index (κ3) is 3.89. The Bertz CT molecular complexity index is 1020. The number of carbonyl (C=O) groups is 1. The molecule has 30 heavy (non-hydrogen) atoms. The van der Waals surface area contributed by atoms with E-state index in [4.69, 9.17) is 14.5 Å². The van der Waals surface area contributed by atoms with Crippen molar-refractivity contribution in [3.63, 3.8) is 0 Å². The van der Waals surface area contributed by atoms with Crippen LogP contribution in [-0.4, -0.2) is 41.3 Å². The van der Waals surface area contributed by atoms with Crippen LogP contribution in [0.3, 0.4) is 0 Å². The minimum atomic E-state index is -0.531. The number of thiophene rings is 1. The van der Waals surface area contributed by atoms with Crippen molar-refractivity contribution in [1.82, 2.24) is 9.97 Å². The fourth-order valence-electron chi connectivity index (χ4n) is 4.29. The summed E-state index contributed by atoms with van der Waals surface area (Å²) in [6.07, 6.45) is 6.11. The molecule has 2 aliphatic rings. The van der Waals surface area contributed by atoms with Gasteiger partial charge >= 0.3 is 0 Å². The third-order valence-corrected chi connectivity index (χ3v) is 7.17. The average molecular weight is 426 g/mol. The fraction of sp³-hybridized carbons (Fsp3) is 0.478. The van der Waals surface area contributed by atoms with Crippen LogP contribution in [0.4, 0.5) is 5.00 Å². The fourth-order valence-corrected chi connectivity index (χ4v) is 5.59. The number of H-pyrrole nitrogens is 1. The van der Waals surface area contributed by atoms with Gasteiger partial charge in [0.15, 0.2) is 0 Å². The Morgan fingerprint density at radius 3 is 3.03 bits per heavy atom. The van der Waals surface area contributed by atoms with Crippen LogP contribution in [0.25, 0.3) is 22.4 Å². The van der Waals surface area contributed by atoms with E-state index in [2.05, 4.69) is 10.3 Å². The molecule has 0 bridgehead atoms. The highest BCUT2D eigenvalue weighted by Crippen LogP contribution is 2.43. The molecule has 5 rings (SSSR count). The summed E-state index contributed by atoms with van der Waals surface area (Å²) in [5.41, 5.74) is 4.32. The van der Waals surface area contributed by atoms with Gasteiger partial charge < -0.3 is 19.8 Å². The maximum absolute atomic E-state index is 12.9. The summed E-state index contributed by atoms with van der Waals surface area (Å²) in [5.74, 6) is 0.711. The first-order valence-corrected chi connectivity index (χ1v) is 11.6. The van der Waals surface area contributed by atoms with Crippen LogP contribution in [0, 0.1) is 0 Å². The van der Waals surface area contributed by atoms with Crippen LogP contribution in [0.5, 0.6) is 0 Å². The number of nitrogens with one attached hydrogen (secondary N) is 2. The van der Waals surface area contributed by atoms with Gasteiger partial charge in [0.25, 0.3) is 5.91 Å². The number of para-hydroxylation sites is 2. The number of aryl methyl sites for hydroxylation is 1. The van der Waals surface area contributed by atoms with Crippen molar-refractivity contribution < 1.29 is 14.3 Å². The van der Waals surface area contributed by atoms with Crippen LogP contribution in [0.2, 0.25) is 0 Å². The Balaban J connectivity index is 1.40. The van der Waals surface area contributed by atoms with E-state index in [0.717, 1.165) is 59.7 Å². The molecule has 1 saturated heterocycles. The van der Waals surface area contributed by atoms with E-state index >= 15 is 0 Å². The molecule has 2 atom stereocenters. The number of ether oxygens (including phenoxy) is 2. The van der Waals surface area contributed by atoms with Gasteiger partial charge in [0.05, 0.1) is 29.3 Å². The number of fused-ring (bicyclic) bond motifs is 2. The molecule has 3 heterocycles. The number of aromatic nitrogens is 2. The van der Waals surface area contributed by atoms with Crippen LogP contribution >= 0.6 is 11.3 Å². The van der Waals surface area contributed by atoms with Gasteiger partial charge in [0.1, 0.15) is 16.9 Å². The van der Waals surface area contributed by atoms with Gasteiger partial charge in [-0.1, -0.05) is 12.1 Å². The first-order valence-electron chi connectivity index (χ1n) is 10.8. The smallest absolute Gasteiger partial charge is 0.253 e. The normalized spacial score (nSPS) is 19.7. The molecule has 158 valence electrons. The molecule has 2 N–H and O–H groups in total. The number of rotatable bonds is 6. The minimum Gasteiger partial charge on any atom is -0.376 e. The number of aromatic amines is 1. The number of anilines is 1. The molecule has 0 spiro atoms. The number of carbonyl (C=O) groups excluding carboxylic acids is 1. The van der Waals surface area contributed by atoms with E-state index in [-0.39, 0.29) is 12.0 Å². The first kappa shape index (κ1) is 19.7. The lowest BCUT2D eigenvalue weighted by Crippen LogP contribution is -2.30. The molecule has 2 unspecified atom stereocenters. The highest BCUT2D eigenvalue weighted by Gasteiger charge is 2.27. The lowest BCUT2D eigenvalue weighted by molar-refractivity contribution is -0.128. The van der Waals surface area contributed by atoms with E-state index in [1.807, 2.05) is 24.3 Å². The zero-order valence-corrected chi connectivity index (χ0v) is 18.0. The topological polar surface area (TPSA) is 76.2 Å². The van der Waals surface area contributed by atoms with Crippen LogP contribution in [-0.2, 0) is 27.1 Å². The van der Waals surface area contributed by atoms with E-state index < -0.39 is 6.10 Å². The van der Waals surface area contributed by atoms with Crippen molar-refractivity contribution >= 4 is 33.3 Å². The highest BCUT2D eigenvalue weighted by atomic mass is 32.1. The second-order valence-electron chi connectivity index (χ2n) is 8.12. The maximum Gasteiger partial charge on any atom is 0.253 e. The Labute approximate surface area is 180 Å². The molecular weight excluding hydrogens is 398 g/mol. The summed E-state index contributed by atoms with van der Waals surface area (Å²) in [6, 6.07) is 8.03. The maximum atomic E-state index is 12.9. The van der Waals surface area contributed by atoms with Gasteiger partial charge in [0, 0.05) is 11.5 Å². The Hall–Kier alpha value is -2.22. The molecule has 1 aliphatic heterocycles. The summed E-state index contributed by atoms with van der Waals surface area (Å²) >= 11 is 1.68. The van der Waals surface area contributed by atoms with Crippen molar-refractivity contribution in [1.29, 1.82) is 0 Å². The number of nitrogens with zero attached hydrogens (tertiary/aromatic N) is 1. The first-order chi connectivity index (χ1) is 14.7. The van der Waals surface area contributed by atoms with Crippen LogP contribution in [0.1, 0.15) is 43.0 Å². The summed E-state index contributed by atoms with van der Waals surface area (Å²) in [5, 5.41) is 4.01. The Morgan fingerprint density at radius 2 is 2.20 bits per heavy atom. The average Bonchev–Trinajstić information content (AvgIpc) is 3.49. The van der Waals surface area contributed by atoms with E-state index in [1.165, 1.54) is 23.3 Å². The van der Waals surface area contributed by atoms with Crippen molar-refractivity contribution in [2.75, 3.05) is 18.5 Å². The lowest BCUT2D eigenvalue weighted by atomic mass is 9.95. The summed E-state index contributed by atoms with van der Waals surface area (Å²) in [6.45, 7) is 3.06. The van der Waals surface area contributed by atoms with E-state index in [0.29, 0.717) is 6.61 Å². The molecule has 6 nitrogen and oxygen atoms in total. The lowest BCUT2D eigenvalue weighted by Gasteiger charge is -2.16. The predicted molar refractivity (Wildman–Crippen MR) is 119 cm³/mol. The van der Waals surface area contributed by atoms with Crippen molar-refractivity contribution in [2.24, 2.45) is 0 Å². The zero-order valence-electron chi connectivity index (χ0n) is 17.2. The molecule has 3 aromatic rings. The molecule has 1 fully saturated rings. The largest absolute Gasteiger partial charge is 0.376 e. The van der Waals surface area contributed by atoms with E-state index in [1.54, 1.807) is 18.3 Å². The summed E-state index contributed by atoms with van der Waals surface area (Å²) in [7, 11) is 0. The molecule has 0 saturated carbocycles. The molecule has 7 heteroatoms. The third-order valence-electron chi connectivity index (χ3n) is 5.96. The molecule has 1 aromatic carbocycles. The molecule has 0 radical (unpaired) electrons. The number of benzene rings is 1. The molecule has 2 aromatic heterocycles. The van der Waals surface area contributed by atoms with Gasteiger partial charge in [-0.15, -0.1) is 11.3 Å². The standard InChI is InChI=1S/C23H27N3O3S/c1-14(29-13-15-7-6-12-28-15)22(27)26-23-20(16-8-2-5-11-19(16)30-23)21-24-17-9-3-4-10-18(17)25-21/h3-4,9-10,14-15H,2,5-8,11-13H2,1H3,(H,24,25)(H,26,27). The van der Waals surface area contributed by atoms with Gasteiger partial charge in [0.2, 0.25) is 0 Å². The minimum absolute atomic E-state index is 0.111. The van der Waals surface area contributed by atoms with Crippen molar-refractivity contribution in [2.45, 2.75) is 57.7 Å². The monoisotopic (exact) mass is 425 g/mol. The highest BCUT2D eigenvalue weighted by molar-refractivity contribution is 7.17. The molecule has 1 aliphatic carbocycles. The number of hydrogen-bond acceptors (Lipinski definition) is 5. The number of amides is 1. The molecular formula is C23H27N3O3S. The SMILES string of the molecule is CC(OCC1CCCO1)C(=O)Nc1sc2c(c1-c1nc3ccccc3[nH]1)CCCC2. The number of imidazole rings is 1. The Morgan fingerprint density at radius 1 is 1.33 bits per heavy atom. The second-order valence-corrected chi connectivity index (χ2v) is 9.22. The van der Waals surface area contributed by atoms with Crippen molar-refractivity contribution in [3.8, 4) is 11.4 Å². The Kier molecular flexibility index (Phi) is 5.58. The summed E-state index contributed by atoms with van der Waals surface area (Å²) in [4.78, 5) is 22.5. The molecule has 1 amide bonds. The summed E-state index contributed by atoms with van der Waals surface area (Å²) < 4.78 is 11.4. The van der Waals surface area contributed by atoms with Crippen LogP contribution < -0.4 is 5.32 Å². The van der Waals surface area contributed by atoms with Crippen LogP contribution in [0.15, 0.2) is 24.3 Å². The van der Waals surface area contributed by atoms with E-state index in [9.17, 15) is 4.79 Å². The quantitative estimate of drug-likeness (QED) is 0.601. The zero-order chi connectivity index (χ0) is 20.5. The van der Waals surface area contributed by atoms with Gasteiger partial charge in [-0.05, 0) is 63.1 Å². The van der Waals surface area contributed by atoms with Crippen molar-refractivity contribution in [3.05, 3.63) is 34.7 Å². The number of hydrogen-bond donors (Lipinski definition) is 2. The second kappa shape index (κ2) is 8.49. The predicted octanol–water partition coefficient (Wildman–Crippen LogP) is 4.69.